The summed E-state index contributed by atoms with van der Waals surface area (Å²) in [6.07, 6.45) is 14.0. The molecule has 2 fully saturated rings. The zero-order valence-corrected chi connectivity index (χ0v) is 32.0. The maximum atomic E-state index is 13.5. The Kier molecular flexibility index (Phi) is 11.7. The zero-order valence-electron chi connectivity index (χ0n) is 32.0. The summed E-state index contributed by atoms with van der Waals surface area (Å²) in [7, 11) is 1.29. The topological polar surface area (TPSA) is 146 Å². The average molecular weight is 734 g/mol. The van der Waals surface area contributed by atoms with Crippen molar-refractivity contribution < 1.29 is 23.9 Å². The van der Waals surface area contributed by atoms with Crippen molar-refractivity contribution in [3.8, 4) is 22.4 Å². The van der Waals surface area contributed by atoms with Gasteiger partial charge in [0.1, 0.15) is 23.3 Å². The second-order valence-electron chi connectivity index (χ2n) is 15.2. The molecule has 0 spiro atoms. The van der Waals surface area contributed by atoms with Crippen LogP contribution in [0.3, 0.4) is 0 Å². The van der Waals surface area contributed by atoms with Crippen molar-refractivity contribution in [2.24, 2.45) is 5.92 Å². The lowest BCUT2D eigenvalue weighted by Gasteiger charge is -2.29. The second kappa shape index (κ2) is 16.6. The number of nitrogens with zero attached hydrogens (tertiary/aromatic N) is 4. The van der Waals surface area contributed by atoms with Crippen molar-refractivity contribution >= 4 is 30.2 Å². The van der Waals surface area contributed by atoms with E-state index in [1.165, 1.54) is 7.11 Å². The standard InChI is InChI=1S/C42H51N7O5/c1-27(2)36(47-40(51)53-6)39(50)48-22-12-18-34(48)37-43-25-31(45-37)17-11-10-16-29-20-21-30(24-32(29)28-14-8-7-9-15-28)33-26-44-38(46-33)35-19-13-23-49(35)41(52)54-42(3,4)5/h7-11,14-17,20-21,24-27,34-36H,12-13,18-19,22-23H2,1-6H3,(H,43,45)(H,44,46)(H,47,51)/t34-,35-,36-/m0/s1. The van der Waals surface area contributed by atoms with Crippen molar-refractivity contribution in [2.75, 3.05) is 20.2 Å². The van der Waals surface area contributed by atoms with E-state index in [0.717, 1.165) is 71.0 Å². The van der Waals surface area contributed by atoms with E-state index in [-0.39, 0.29) is 30.0 Å². The van der Waals surface area contributed by atoms with Crippen LogP contribution < -0.4 is 5.32 Å². The number of benzene rings is 2. The summed E-state index contributed by atoms with van der Waals surface area (Å²) in [6.45, 7) is 10.7. The Morgan fingerprint density at radius 2 is 1.54 bits per heavy atom. The molecule has 2 aliphatic rings. The van der Waals surface area contributed by atoms with Crippen LogP contribution in [-0.4, -0.2) is 79.7 Å². The predicted molar refractivity (Wildman–Crippen MR) is 209 cm³/mol. The van der Waals surface area contributed by atoms with Gasteiger partial charge in [-0.3, -0.25) is 9.69 Å². The summed E-state index contributed by atoms with van der Waals surface area (Å²) in [4.78, 5) is 58.2. The van der Waals surface area contributed by atoms with Gasteiger partial charge in [-0.25, -0.2) is 19.6 Å². The number of imidazole rings is 2. The van der Waals surface area contributed by atoms with Gasteiger partial charge < -0.3 is 29.7 Å². The summed E-state index contributed by atoms with van der Waals surface area (Å²) in [6, 6.07) is 15.6. The molecule has 4 heterocycles. The molecule has 3 amide bonds. The number of amides is 3. The molecule has 2 aliphatic heterocycles. The van der Waals surface area contributed by atoms with Gasteiger partial charge in [0.2, 0.25) is 5.91 Å². The van der Waals surface area contributed by atoms with E-state index in [1.807, 2.05) is 77.2 Å². The Labute approximate surface area is 317 Å². The number of carbonyl (C=O) groups excluding carboxylic acids is 3. The number of rotatable bonds is 10. The third kappa shape index (κ3) is 8.92. The van der Waals surface area contributed by atoms with Gasteiger partial charge in [-0.2, -0.15) is 0 Å². The quantitative estimate of drug-likeness (QED) is 0.139. The van der Waals surface area contributed by atoms with Gasteiger partial charge in [0, 0.05) is 18.7 Å². The molecule has 284 valence electrons. The molecule has 4 aromatic rings. The first-order valence-electron chi connectivity index (χ1n) is 18.7. The molecular formula is C42H51N7O5. The molecule has 6 rings (SSSR count). The Bertz CT molecular complexity index is 1990. The van der Waals surface area contributed by atoms with E-state index in [4.69, 9.17) is 14.5 Å². The molecule has 0 radical (unpaired) electrons. The summed E-state index contributed by atoms with van der Waals surface area (Å²) in [5, 5.41) is 2.69. The fourth-order valence-corrected chi connectivity index (χ4v) is 7.10. The van der Waals surface area contributed by atoms with E-state index in [9.17, 15) is 14.4 Å². The van der Waals surface area contributed by atoms with Crippen molar-refractivity contribution in [3.63, 3.8) is 0 Å². The van der Waals surface area contributed by atoms with E-state index < -0.39 is 17.7 Å². The minimum atomic E-state index is -0.682. The lowest BCUT2D eigenvalue weighted by molar-refractivity contribution is -0.135. The highest BCUT2D eigenvalue weighted by atomic mass is 16.6. The van der Waals surface area contributed by atoms with Gasteiger partial charge in [-0.05, 0) is 81.2 Å². The number of aromatic nitrogens is 4. The maximum Gasteiger partial charge on any atom is 0.410 e. The van der Waals surface area contributed by atoms with Crippen LogP contribution in [0, 0.1) is 5.92 Å². The van der Waals surface area contributed by atoms with Gasteiger partial charge in [0.25, 0.3) is 0 Å². The maximum absolute atomic E-state index is 13.5. The number of hydrogen-bond acceptors (Lipinski definition) is 7. The minimum Gasteiger partial charge on any atom is -0.453 e. The highest BCUT2D eigenvalue weighted by Gasteiger charge is 2.38. The molecule has 12 nitrogen and oxygen atoms in total. The van der Waals surface area contributed by atoms with E-state index in [0.29, 0.717) is 13.1 Å². The fraction of sp³-hybridized carbons (Fsp3) is 0.405. The van der Waals surface area contributed by atoms with Crippen molar-refractivity contribution in [1.82, 2.24) is 35.1 Å². The third-order valence-electron chi connectivity index (χ3n) is 9.76. The molecule has 12 heteroatoms. The Morgan fingerprint density at radius 1 is 0.870 bits per heavy atom. The Morgan fingerprint density at radius 3 is 2.24 bits per heavy atom. The smallest absolute Gasteiger partial charge is 0.410 e. The van der Waals surface area contributed by atoms with Gasteiger partial charge >= 0.3 is 12.2 Å². The summed E-state index contributed by atoms with van der Waals surface area (Å²) >= 11 is 0. The Hall–Kier alpha value is -5.65. The largest absolute Gasteiger partial charge is 0.453 e. The molecule has 0 aliphatic carbocycles. The molecule has 3 atom stereocenters. The second-order valence-corrected chi connectivity index (χ2v) is 15.2. The number of likely N-dealkylation sites (tertiary alicyclic amines) is 2. The molecule has 2 aromatic heterocycles. The van der Waals surface area contributed by atoms with Crippen LogP contribution in [0.25, 0.3) is 34.5 Å². The summed E-state index contributed by atoms with van der Waals surface area (Å²) in [5.74, 6) is 1.24. The minimum absolute atomic E-state index is 0.100. The van der Waals surface area contributed by atoms with Gasteiger partial charge in [-0.15, -0.1) is 0 Å². The van der Waals surface area contributed by atoms with Crippen LogP contribution in [0.1, 0.15) is 95.3 Å². The zero-order chi connectivity index (χ0) is 38.4. The predicted octanol–water partition coefficient (Wildman–Crippen LogP) is 8.31. The number of ether oxygens (including phenoxy) is 2. The first kappa shape index (κ1) is 38.1. The van der Waals surface area contributed by atoms with Crippen LogP contribution in [0.5, 0.6) is 0 Å². The molecule has 0 bridgehead atoms. The third-order valence-corrected chi connectivity index (χ3v) is 9.76. The Balaban J connectivity index is 1.17. The number of methoxy groups -OCH3 is 1. The van der Waals surface area contributed by atoms with E-state index >= 15 is 0 Å². The van der Waals surface area contributed by atoms with Crippen LogP contribution in [0.15, 0.2) is 73.1 Å². The highest BCUT2D eigenvalue weighted by Crippen LogP contribution is 2.35. The van der Waals surface area contributed by atoms with Gasteiger partial charge in [0.15, 0.2) is 0 Å². The van der Waals surface area contributed by atoms with Gasteiger partial charge in [-0.1, -0.05) is 74.5 Å². The lowest BCUT2D eigenvalue weighted by Crippen LogP contribution is -2.51. The monoisotopic (exact) mass is 733 g/mol. The molecule has 54 heavy (non-hydrogen) atoms. The van der Waals surface area contributed by atoms with Gasteiger partial charge in [0.05, 0.1) is 43.0 Å². The average Bonchev–Trinajstić information content (AvgIpc) is 3.98. The molecular weight excluding hydrogens is 683 g/mol. The van der Waals surface area contributed by atoms with Crippen LogP contribution >= 0.6 is 0 Å². The number of hydrogen-bond donors (Lipinski definition) is 3. The number of aromatic amines is 2. The molecule has 3 N–H and O–H groups in total. The summed E-state index contributed by atoms with van der Waals surface area (Å²) in [5.41, 5.74) is 5.34. The normalized spacial score (nSPS) is 18.2. The van der Waals surface area contributed by atoms with E-state index in [2.05, 4.69) is 56.7 Å². The number of allylic oxidation sites excluding steroid dienone is 2. The molecule has 2 aromatic carbocycles. The molecule has 0 saturated carbocycles. The SMILES string of the molecule is COC(=O)N[C@H](C(=O)N1CCC[C@H]1c1ncc(C=CC=Cc2ccc(-c3cnc([C@@H]4CCCN4C(=O)OC(C)(C)C)[nH]3)cc2-c2ccccc2)[nH]1)C(C)C. The summed E-state index contributed by atoms with van der Waals surface area (Å²) < 4.78 is 10.4. The van der Waals surface area contributed by atoms with Crippen molar-refractivity contribution in [3.05, 3.63) is 96.0 Å². The van der Waals surface area contributed by atoms with Crippen molar-refractivity contribution in [2.45, 2.75) is 84.0 Å². The number of H-pyrrole nitrogens is 2. The van der Waals surface area contributed by atoms with Crippen molar-refractivity contribution in [1.29, 1.82) is 0 Å². The number of carbonyl (C=O) groups is 3. The first-order chi connectivity index (χ1) is 25.9. The fourth-order valence-electron chi connectivity index (χ4n) is 7.10. The van der Waals surface area contributed by atoms with Crippen LogP contribution in [0.4, 0.5) is 9.59 Å². The van der Waals surface area contributed by atoms with E-state index in [1.54, 1.807) is 16.0 Å². The van der Waals surface area contributed by atoms with Crippen LogP contribution in [0.2, 0.25) is 0 Å². The number of alkyl carbamates (subject to hydrolysis) is 1. The molecule has 2 saturated heterocycles. The number of nitrogens with one attached hydrogen (secondary N) is 3. The van der Waals surface area contributed by atoms with Crippen LogP contribution in [-0.2, 0) is 14.3 Å². The highest BCUT2D eigenvalue weighted by molar-refractivity contribution is 5.86. The molecule has 0 unspecified atom stereocenters. The lowest BCUT2D eigenvalue weighted by atomic mass is 9.96. The first-order valence-corrected chi connectivity index (χ1v) is 18.7.